The summed E-state index contributed by atoms with van der Waals surface area (Å²) in [6, 6.07) is 18.7. The van der Waals surface area contributed by atoms with Crippen LogP contribution in [0.2, 0.25) is 0 Å². The fourth-order valence-electron chi connectivity index (χ4n) is 3.58. The minimum absolute atomic E-state index is 0. The van der Waals surface area contributed by atoms with Gasteiger partial charge in [0.05, 0.1) is 0 Å². The van der Waals surface area contributed by atoms with Crippen molar-refractivity contribution in [3.8, 4) is 0 Å². The molecule has 2 nitrogen and oxygen atoms in total. The first-order valence-corrected chi connectivity index (χ1v) is 11.5. The van der Waals surface area contributed by atoms with E-state index in [9.17, 15) is 4.79 Å². The quantitative estimate of drug-likeness (QED) is 0.437. The number of carbonyl (C=O) groups excluding carboxylic acids is 1. The smallest absolute Gasteiger partial charge is 0.326 e. The van der Waals surface area contributed by atoms with Crippen molar-refractivity contribution in [2.24, 2.45) is 5.41 Å². The van der Waals surface area contributed by atoms with E-state index in [4.69, 9.17) is 0 Å². The van der Waals surface area contributed by atoms with E-state index in [1.165, 1.54) is 22.6 Å². The summed E-state index contributed by atoms with van der Waals surface area (Å²) in [5.41, 5.74) is 5.32. The maximum absolute atomic E-state index is 12.3. The number of hydrogen-bond acceptors (Lipinski definition) is 1. The van der Waals surface area contributed by atoms with Crippen molar-refractivity contribution in [2.45, 2.75) is 34.1 Å². The van der Waals surface area contributed by atoms with Gasteiger partial charge in [-0.25, -0.2) is 0 Å². The molecule has 0 saturated heterocycles. The Labute approximate surface area is 218 Å². The largest absolute Gasteiger partial charge is 2.00 e. The molecule has 10 radical (unpaired) electrons. The van der Waals surface area contributed by atoms with Gasteiger partial charge in [-0.1, -0.05) is 75.7 Å². The summed E-state index contributed by atoms with van der Waals surface area (Å²) >= 11 is 0. The van der Waals surface area contributed by atoms with Crippen LogP contribution in [0.3, 0.4) is 0 Å². The third kappa shape index (κ3) is 8.14. The van der Waals surface area contributed by atoms with E-state index in [2.05, 4.69) is 74.3 Å². The molecule has 2 aromatic carbocycles. The average molecular weight is 491 g/mol. The summed E-state index contributed by atoms with van der Waals surface area (Å²) in [6.07, 6.45) is 19.4. The summed E-state index contributed by atoms with van der Waals surface area (Å²) in [6.45, 7) is 7.95. The van der Waals surface area contributed by atoms with Crippen LogP contribution in [0.25, 0.3) is 5.57 Å². The number of allylic oxidation sites excluding steroid dienone is 1. The van der Waals surface area contributed by atoms with E-state index in [0.717, 1.165) is 17.7 Å². The molecule has 3 heteroatoms. The number of amides is 1. The standard InChI is InChI=1S/C26H28NO.C5H5.Fe/c1-5-23(19-11-9-10-12-19)24(20-13-7-6-8-14-20)21-15-17-22(18-16-21)27-25(28)26(2,3)4;1-2-4-5-3-1;/h6-18H,5H2,1-4H3,(H,27,28);1-5H;/q;;+2/b24-23-;;. The third-order valence-corrected chi connectivity index (χ3v) is 5.40. The third-order valence-electron chi connectivity index (χ3n) is 5.40. The van der Waals surface area contributed by atoms with Gasteiger partial charge in [-0.15, -0.1) is 0 Å². The summed E-state index contributed by atoms with van der Waals surface area (Å²) in [5, 5.41) is 3.00. The molecule has 2 aliphatic carbocycles. The van der Waals surface area contributed by atoms with E-state index < -0.39 is 5.41 Å². The second-order valence-electron chi connectivity index (χ2n) is 8.99. The van der Waals surface area contributed by atoms with Crippen molar-refractivity contribution in [2.75, 3.05) is 5.32 Å². The van der Waals surface area contributed by atoms with Crippen LogP contribution in [-0.4, -0.2) is 5.91 Å². The van der Waals surface area contributed by atoms with Crippen LogP contribution < -0.4 is 5.32 Å². The molecule has 2 aliphatic rings. The Kier molecular flexibility index (Phi) is 11.6. The van der Waals surface area contributed by atoms with E-state index in [0.29, 0.717) is 0 Å². The number of hydrogen-bond donors (Lipinski definition) is 1. The first kappa shape index (κ1) is 28.4. The van der Waals surface area contributed by atoms with Crippen LogP contribution in [-0.2, 0) is 21.9 Å². The Hall–Kier alpha value is -1.83. The second kappa shape index (κ2) is 13.9. The Morgan fingerprint density at radius 2 is 1.24 bits per heavy atom. The number of carbonyl (C=O) groups is 1. The minimum atomic E-state index is -0.416. The molecule has 0 spiro atoms. The number of rotatable bonds is 5. The van der Waals surface area contributed by atoms with Gasteiger partial charge in [0.1, 0.15) is 0 Å². The Bertz CT molecular complexity index is 891. The molecular weight excluding hydrogens is 458 g/mol. The summed E-state index contributed by atoms with van der Waals surface area (Å²) in [7, 11) is 0. The van der Waals surface area contributed by atoms with Crippen molar-refractivity contribution in [3.05, 3.63) is 135 Å². The SMILES string of the molecule is CC/C([C]1[CH][CH][CH][CH]1)=C(\c1ccccc1)c1ccc(NC(=O)C(C)(C)C)cc1.[CH]1[CH][CH][CH][CH]1.[Fe+2]. The van der Waals surface area contributed by atoms with Crippen molar-refractivity contribution in [3.63, 3.8) is 0 Å². The van der Waals surface area contributed by atoms with Gasteiger partial charge < -0.3 is 5.32 Å². The monoisotopic (exact) mass is 491 g/mol. The fraction of sp³-hybridized carbons (Fsp3) is 0.194. The summed E-state index contributed by atoms with van der Waals surface area (Å²) in [5.74, 6) is 1.27. The van der Waals surface area contributed by atoms with E-state index in [-0.39, 0.29) is 23.0 Å². The zero-order valence-electron chi connectivity index (χ0n) is 20.4. The Balaban J connectivity index is 0.000000603. The van der Waals surface area contributed by atoms with Crippen LogP contribution in [0, 0.1) is 69.1 Å². The molecule has 0 atom stereocenters. The second-order valence-corrected chi connectivity index (χ2v) is 8.99. The molecule has 0 aromatic heterocycles. The fourth-order valence-corrected chi connectivity index (χ4v) is 3.58. The zero-order chi connectivity index (χ0) is 23.7. The molecule has 2 aromatic rings. The molecule has 174 valence electrons. The molecule has 0 heterocycles. The normalized spacial score (nSPS) is 16.7. The predicted molar refractivity (Wildman–Crippen MR) is 139 cm³/mol. The van der Waals surface area contributed by atoms with Gasteiger partial charge in [-0.2, -0.15) is 0 Å². The van der Waals surface area contributed by atoms with E-state index in [1.54, 1.807) is 0 Å². The predicted octanol–water partition coefficient (Wildman–Crippen LogP) is 7.31. The summed E-state index contributed by atoms with van der Waals surface area (Å²) < 4.78 is 0. The summed E-state index contributed by atoms with van der Waals surface area (Å²) in [4.78, 5) is 12.3. The van der Waals surface area contributed by atoms with Crippen LogP contribution in [0.4, 0.5) is 5.69 Å². The van der Waals surface area contributed by atoms with Gasteiger partial charge in [0.15, 0.2) is 0 Å². The molecular formula is C31H33FeNO+2. The van der Waals surface area contributed by atoms with Gasteiger partial charge in [-0.3, -0.25) is 4.79 Å². The molecule has 1 amide bonds. The van der Waals surface area contributed by atoms with E-state index >= 15 is 0 Å². The number of nitrogens with one attached hydrogen (secondary N) is 1. The molecule has 0 unspecified atom stereocenters. The molecule has 1 N–H and O–H groups in total. The van der Waals surface area contributed by atoms with Crippen LogP contribution in [0.15, 0.2) is 60.2 Å². The Morgan fingerprint density at radius 1 is 0.735 bits per heavy atom. The maximum Gasteiger partial charge on any atom is 2.00 e. The number of anilines is 1. The molecule has 0 aliphatic heterocycles. The molecule has 0 bridgehead atoms. The van der Waals surface area contributed by atoms with Crippen LogP contribution in [0.5, 0.6) is 0 Å². The van der Waals surface area contributed by atoms with Crippen LogP contribution >= 0.6 is 0 Å². The number of benzene rings is 2. The minimum Gasteiger partial charge on any atom is -0.326 e. The zero-order valence-corrected chi connectivity index (χ0v) is 21.5. The van der Waals surface area contributed by atoms with Crippen molar-refractivity contribution >= 4 is 17.2 Å². The van der Waals surface area contributed by atoms with Crippen molar-refractivity contribution in [1.29, 1.82) is 0 Å². The van der Waals surface area contributed by atoms with Gasteiger partial charge in [0, 0.05) is 17.0 Å². The molecule has 34 heavy (non-hydrogen) atoms. The van der Waals surface area contributed by atoms with E-state index in [1.807, 2.05) is 71.1 Å². The average Bonchev–Trinajstić information content (AvgIpc) is 3.55. The Morgan fingerprint density at radius 3 is 1.71 bits per heavy atom. The molecule has 2 saturated carbocycles. The van der Waals surface area contributed by atoms with Crippen molar-refractivity contribution in [1.82, 2.24) is 0 Å². The van der Waals surface area contributed by atoms with Gasteiger partial charge in [-0.05, 0) is 93.0 Å². The van der Waals surface area contributed by atoms with Crippen LogP contribution in [0.1, 0.15) is 45.2 Å². The molecule has 4 rings (SSSR count). The molecule has 2 fully saturated rings. The van der Waals surface area contributed by atoms with Gasteiger partial charge >= 0.3 is 17.1 Å². The van der Waals surface area contributed by atoms with Gasteiger partial charge in [0.2, 0.25) is 5.91 Å². The van der Waals surface area contributed by atoms with Gasteiger partial charge in [0.25, 0.3) is 0 Å². The first-order valence-electron chi connectivity index (χ1n) is 11.5. The topological polar surface area (TPSA) is 29.1 Å². The maximum atomic E-state index is 12.3. The first-order chi connectivity index (χ1) is 15.9. The van der Waals surface area contributed by atoms with Crippen molar-refractivity contribution < 1.29 is 21.9 Å².